The molecule has 0 saturated heterocycles. The molecule has 0 fully saturated rings. The summed E-state index contributed by atoms with van der Waals surface area (Å²) in [4.78, 5) is 0. The lowest BCUT2D eigenvalue weighted by molar-refractivity contribution is 0.151. The Bertz CT molecular complexity index is 500. The van der Waals surface area contributed by atoms with Crippen LogP contribution in [-0.4, -0.2) is 0 Å². The minimum absolute atomic E-state index is 0.00781. The van der Waals surface area contributed by atoms with Gasteiger partial charge in [0.15, 0.2) is 0 Å². The standard InChI is InChI=1S/C13H9ClF2O/c14-12-8-10(6-7-11(12)13(15)16)17-9-4-2-1-3-5-9/h1-8,13H. The minimum atomic E-state index is -2.58. The Morgan fingerprint density at radius 2 is 1.65 bits per heavy atom. The van der Waals surface area contributed by atoms with Gasteiger partial charge >= 0.3 is 0 Å². The van der Waals surface area contributed by atoms with Crippen molar-refractivity contribution in [1.82, 2.24) is 0 Å². The van der Waals surface area contributed by atoms with Gasteiger partial charge in [-0.1, -0.05) is 29.8 Å². The van der Waals surface area contributed by atoms with Gasteiger partial charge in [0, 0.05) is 5.56 Å². The molecule has 2 aromatic carbocycles. The van der Waals surface area contributed by atoms with Crippen LogP contribution in [0.5, 0.6) is 11.5 Å². The average molecular weight is 255 g/mol. The van der Waals surface area contributed by atoms with Crippen molar-refractivity contribution in [3.8, 4) is 11.5 Å². The summed E-state index contributed by atoms with van der Waals surface area (Å²) in [5.41, 5.74) is -0.188. The summed E-state index contributed by atoms with van der Waals surface area (Å²) in [6.45, 7) is 0. The zero-order valence-corrected chi connectivity index (χ0v) is 9.49. The molecule has 0 bridgehead atoms. The molecule has 0 atom stereocenters. The second-order valence-corrected chi connectivity index (χ2v) is 3.81. The van der Waals surface area contributed by atoms with Gasteiger partial charge in [-0.05, 0) is 30.3 Å². The second-order valence-electron chi connectivity index (χ2n) is 3.40. The van der Waals surface area contributed by atoms with Crippen molar-refractivity contribution in [3.63, 3.8) is 0 Å². The molecule has 2 rings (SSSR count). The molecule has 0 unspecified atom stereocenters. The highest BCUT2D eigenvalue weighted by Crippen LogP contribution is 2.31. The minimum Gasteiger partial charge on any atom is -0.457 e. The molecule has 4 heteroatoms. The van der Waals surface area contributed by atoms with E-state index in [0.717, 1.165) is 0 Å². The number of alkyl halides is 2. The monoisotopic (exact) mass is 254 g/mol. The molecule has 88 valence electrons. The van der Waals surface area contributed by atoms with Crippen LogP contribution in [0.4, 0.5) is 8.78 Å². The maximum absolute atomic E-state index is 12.5. The van der Waals surface area contributed by atoms with Gasteiger partial charge in [0.25, 0.3) is 6.43 Å². The molecule has 0 aromatic heterocycles. The number of ether oxygens (including phenoxy) is 1. The second kappa shape index (κ2) is 5.15. The summed E-state index contributed by atoms with van der Waals surface area (Å²) in [6, 6.07) is 13.2. The van der Waals surface area contributed by atoms with Gasteiger partial charge < -0.3 is 4.74 Å². The normalized spacial score (nSPS) is 10.6. The molecular weight excluding hydrogens is 246 g/mol. The van der Waals surface area contributed by atoms with E-state index in [1.807, 2.05) is 18.2 Å². The van der Waals surface area contributed by atoms with E-state index in [2.05, 4.69) is 0 Å². The molecule has 1 nitrogen and oxygen atoms in total. The number of rotatable bonds is 3. The lowest BCUT2D eigenvalue weighted by Gasteiger charge is -2.08. The first-order chi connectivity index (χ1) is 8.16. The van der Waals surface area contributed by atoms with Gasteiger partial charge in [0.2, 0.25) is 0 Å². The van der Waals surface area contributed by atoms with E-state index in [1.165, 1.54) is 18.2 Å². The Morgan fingerprint density at radius 3 is 2.24 bits per heavy atom. The summed E-state index contributed by atoms with van der Waals surface area (Å²) in [5.74, 6) is 1.07. The van der Waals surface area contributed by atoms with Crippen LogP contribution < -0.4 is 4.74 Å². The molecule has 0 saturated carbocycles. The van der Waals surface area contributed by atoms with Crippen LogP contribution in [0.25, 0.3) is 0 Å². The topological polar surface area (TPSA) is 9.23 Å². The van der Waals surface area contributed by atoms with Crippen LogP contribution in [0.3, 0.4) is 0 Å². The third kappa shape index (κ3) is 2.94. The van der Waals surface area contributed by atoms with Gasteiger partial charge in [-0.3, -0.25) is 0 Å². The smallest absolute Gasteiger partial charge is 0.265 e. The fourth-order valence-corrected chi connectivity index (χ4v) is 1.63. The van der Waals surface area contributed by atoms with Gasteiger partial charge in [-0.2, -0.15) is 0 Å². The van der Waals surface area contributed by atoms with Gasteiger partial charge in [-0.15, -0.1) is 0 Å². The van der Waals surface area contributed by atoms with E-state index in [4.69, 9.17) is 16.3 Å². The predicted octanol–water partition coefficient (Wildman–Crippen LogP) is 5.07. The van der Waals surface area contributed by atoms with Gasteiger partial charge in [0.1, 0.15) is 11.5 Å². The summed E-state index contributed by atoms with van der Waals surface area (Å²) >= 11 is 5.73. The molecular formula is C13H9ClF2O. The first-order valence-electron chi connectivity index (χ1n) is 4.97. The first kappa shape index (κ1) is 11.9. The zero-order chi connectivity index (χ0) is 12.3. The van der Waals surface area contributed by atoms with Crippen LogP contribution >= 0.6 is 11.6 Å². The van der Waals surface area contributed by atoms with Crippen molar-refractivity contribution in [2.75, 3.05) is 0 Å². The highest BCUT2D eigenvalue weighted by molar-refractivity contribution is 6.31. The van der Waals surface area contributed by atoms with Crippen LogP contribution in [0.1, 0.15) is 12.0 Å². The fourth-order valence-electron chi connectivity index (χ4n) is 1.37. The van der Waals surface area contributed by atoms with Gasteiger partial charge in [-0.25, -0.2) is 8.78 Å². The van der Waals surface area contributed by atoms with E-state index >= 15 is 0 Å². The molecule has 0 amide bonds. The third-order valence-electron chi connectivity index (χ3n) is 2.19. The van der Waals surface area contributed by atoms with Crippen LogP contribution in [0, 0.1) is 0 Å². The number of hydrogen-bond acceptors (Lipinski definition) is 1. The van der Waals surface area contributed by atoms with E-state index in [9.17, 15) is 8.78 Å². The van der Waals surface area contributed by atoms with E-state index in [0.29, 0.717) is 11.5 Å². The molecule has 0 radical (unpaired) electrons. The average Bonchev–Trinajstić information content (AvgIpc) is 2.30. The number of hydrogen-bond donors (Lipinski definition) is 0. The molecule has 17 heavy (non-hydrogen) atoms. The Balaban J connectivity index is 2.21. The van der Waals surface area contributed by atoms with Gasteiger partial charge in [0.05, 0.1) is 5.02 Å². The quantitative estimate of drug-likeness (QED) is 0.743. The Labute approximate surface area is 103 Å². The maximum Gasteiger partial charge on any atom is 0.265 e. The summed E-state index contributed by atoms with van der Waals surface area (Å²) < 4.78 is 30.4. The largest absolute Gasteiger partial charge is 0.457 e. The summed E-state index contributed by atoms with van der Waals surface area (Å²) in [7, 11) is 0. The fraction of sp³-hybridized carbons (Fsp3) is 0.0769. The Hall–Kier alpha value is -1.61. The van der Waals surface area contributed by atoms with Crippen molar-refractivity contribution in [1.29, 1.82) is 0 Å². The van der Waals surface area contributed by atoms with Crippen molar-refractivity contribution >= 4 is 11.6 Å². The molecule has 2 aromatic rings. The third-order valence-corrected chi connectivity index (χ3v) is 2.51. The van der Waals surface area contributed by atoms with Crippen LogP contribution in [0.15, 0.2) is 48.5 Å². The highest BCUT2D eigenvalue weighted by atomic mass is 35.5. The Morgan fingerprint density at radius 1 is 0.941 bits per heavy atom. The zero-order valence-electron chi connectivity index (χ0n) is 8.74. The molecule has 0 heterocycles. The summed E-state index contributed by atoms with van der Waals surface area (Å²) in [6.07, 6.45) is -2.58. The van der Waals surface area contributed by atoms with E-state index in [1.54, 1.807) is 12.1 Å². The van der Waals surface area contributed by atoms with E-state index < -0.39 is 6.43 Å². The molecule has 0 aliphatic heterocycles. The first-order valence-corrected chi connectivity index (χ1v) is 5.35. The number of halogens is 3. The van der Waals surface area contributed by atoms with Crippen LogP contribution in [0.2, 0.25) is 5.02 Å². The maximum atomic E-state index is 12.5. The number of para-hydroxylation sites is 1. The molecule has 0 spiro atoms. The van der Waals surface area contributed by atoms with Crippen molar-refractivity contribution in [2.45, 2.75) is 6.43 Å². The van der Waals surface area contributed by atoms with Crippen LogP contribution in [-0.2, 0) is 0 Å². The highest BCUT2D eigenvalue weighted by Gasteiger charge is 2.12. The molecule has 0 aliphatic rings. The van der Waals surface area contributed by atoms with Crippen molar-refractivity contribution in [2.24, 2.45) is 0 Å². The lowest BCUT2D eigenvalue weighted by atomic mass is 10.2. The van der Waals surface area contributed by atoms with Crippen molar-refractivity contribution < 1.29 is 13.5 Å². The summed E-state index contributed by atoms with van der Waals surface area (Å²) in [5, 5.41) is 0.00781. The molecule has 0 N–H and O–H groups in total. The Kier molecular flexibility index (Phi) is 3.59. The lowest BCUT2D eigenvalue weighted by Crippen LogP contribution is -1.88. The SMILES string of the molecule is FC(F)c1ccc(Oc2ccccc2)cc1Cl. The molecule has 0 aliphatic carbocycles. The van der Waals surface area contributed by atoms with Crippen molar-refractivity contribution in [3.05, 3.63) is 59.1 Å². The van der Waals surface area contributed by atoms with E-state index in [-0.39, 0.29) is 10.6 Å². The number of benzene rings is 2. The predicted molar refractivity (Wildman–Crippen MR) is 62.9 cm³/mol.